The summed E-state index contributed by atoms with van der Waals surface area (Å²) in [5.41, 5.74) is 1.25. The van der Waals surface area contributed by atoms with Crippen molar-refractivity contribution in [1.82, 2.24) is 4.90 Å². The number of aryl methyl sites for hydroxylation is 1. The van der Waals surface area contributed by atoms with Crippen molar-refractivity contribution in [2.24, 2.45) is 11.8 Å². The molecule has 0 bridgehead atoms. The van der Waals surface area contributed by atoms with Gasteiger partial charge in [-0.3, -0.25) is 9.59 Å². The number of carboxylic acids is 1. The predicted octanol–water partition coefficient (Wildman–Crippen LogP) is 2.58. The molecule has 1 amide bonds. The van der Waals surface area contributed by atoms with Crippen LogP contribution in [0.15, 0.2) is 30.3 Å². The number of carboxylic acid groups (broad SMARTS) is 1. The van der Waals surface area contributed by atoms with Crippen LogP contribution in [0.5, 0.6) is 0 Å². The topological polar surface area (TPSA) is 57.6 Å². The van der Waals surface area contributed by atoms with Crippen molar-refractivity contribution in [2.75, 3.05) is 6.54 Å². The molecule has 114 valence electrons. The molecule has 1 aromatic rings. The number of rotatable bonds is 5. The Labute approximate surface area is 125 Å². The molecule has 3 unspecified atom stereocenters. The highest BCUT2D eigenvalue weighted by molar-refractivity contribution is 5.81. The molecule has 0 saturated carbocycles. The zero-order valence-electron chi connectivity index (χ0n) is 12.7. The minimum atomic E-state index is -0.796. The first-order valence-corrected chi connectivity index (χ1v) is 7.57. The fraction of sp³-hybridized carbons (Fsp3) is 0.529. The maximum Gasteiger partial charge on any atom is 0.308 e. The molecule has 1 N–H and O–H groups in total. The Hall–Kier alpha value is -1.84. The lowest BCUT2D eigenvalue weighted by atomic mass is 9.81. The van der Waals surface area contributed by atoms with Crippen LogP contribution >= 0.6 is 0 Å². The van der Waals surface area contributed by atoms with Crippen molar-refractivity contribution < 1.29 is 14.7 Å². The largest absolute Gasteiger partial charge is 0.481 e. The lowest BCUT2D eigenvalue weighted by molar-refractivity contribution is -0.154. The van der Waals surface area contributed by atoms with Gasteiger partial charge in [-0.05, 0) is 31.2 Å². The first kappa shape index (κ1) is 15.5. The Morgan fingerprint density at radius 3 is 2.57 bits per heavy atom. The fourth-order valence-corrected chi connectivity index (χ4v) is 3.29. The van der Waals surface area contributed by atoms with Gasteiger partial charge in [-0.25, -0.2) is 0 Å². The van der Waals surface area contributed by atoms with E-state index in [0.717, 1.165) is 12.8 Å². The van der Waals surface area contributed by atoms with E-state index in [1.54, 1.807) is 4.90 Å². The molecule has 1 aliphatic heterocycles. The molecule has 1 aromatic carbocycles. The summed E-state index contributed by atoms with van der Waals surface area (Å²) < 4.78 is 0. The van der Waals surface area contributed by atoms with Crippen LogP contribution in [0.3, 0.4) is 0 Å². The van der Waals surface area contributed by atoms with E-state index < -0.39 is 11.9 Å². The van der Waals surface area contributed by atoms with Gasteiger partial charge in [-0.2, -0.15) is 0 Å². The highest BCUT2D eigenvalue weighted by Gasteiger charge is 2.41. The Balaban J connectivity index is 1.95. The van der Waals surface area contributed by atoms with Crippen molar-refractivity contribution in [3.8, 4) is 0 Å². The third-order valence-corrected chi connectivity index (χ3v) is 4.43. The molecule has 0 aliphatic carbocycles. The molecular formula is C17H23NO3. The molecule has 0 radical (unpaired) electrons. The van der Waals surface area contributed by atoms with E-state index in [1.807, 2.05) is 32.0 Å². The molecule has 0 spiro atoms. The van der Waals surface area contributed by atoms with Gasteiger partial charge in [0.25, 0.3) is 0 Å². The number of aliphatic carboxylic acids is 1. The van der Waals surface area contributed by atoms with Crippen LogP contribution in [0, 0.1) is 11.8 Å². The number of hydrogen-bond acceptors (Lipinski definition) is 2. The summed E-state index contributed by atoms with van der Waals surface area (Å²) in [5, 5.41) is 9.35. The van der Waals surface area contributed by atoms with Gasteiger partial charge in [0.05, 0.1) is 5.92 Å². The third-order valence-electron chi connectivity index (χ3n) is 4.43. The maximum absolute atomic E-state index is 12.2. The Kier molecular flexibility index (Phi) is 4.99. The number of carbonyl (C=O) groups excluding carboxylic acids is 1. The normalized spacial score (nSPS) is 25.9. The van der Waals surface area contributed by atoms with Crippen LogP contribution in [0.25, 0.3) is 0 Å². The Bertz CT molecular complexity index is 500. The molecule has 3 atom stereocenters. The van der Waals surface area contributed by atoms with Gasteiger partial charge >= 0.3 is 5.97 Å². The summed E-state index contributed by atoms with van der Waals surface area (Å²) in [4.78, 5) is 25.3. The predicted molar refractivity (Wildman–Crippen MR) is 80.8 cm³/mol. The van der Waals surface area contributed by atoms with E-state index >= 15 is 0 Å². The monoisotopic (exact) mass is 289 g/mol. The van der Waals surface area contributed by atoms with E-state index in [-0.39, 0.29) is 17.9 Å². The van der Waals surface area contributed by atoms with Crippen LogP contribution in [-0.4, -0.2) is 34.5 Å². The SMILES string of the molecule is CC1CC(=O)N(CCCc2ccccc2)C(C)C1C(=O)O. The van der Waals surface area contributed by atoms with Gasteiger partial charge < -0.3 is 10.0 Å². The van der Waals surface area contributed by atoms with Crippen molar-refractivity contribution in [3.63, 3.8) is 0 Å². The fourth-order valence-electron chi connectivity index (χ4n) is 3.29. The summed E-state index contributed by atoms with van der Waals surface area (Å²) in [6, 6.07) is 9.92. The number of hydrogen-bond donors (Lipinski definition) is 1. The molecule has 0 aromatic heterocycles. The summed E-state index contributed by atoms with van der Waals surface area (Å²) in [6.07, 6.45) is 2.11. The summed E-state index contributed by atoms with van der Waals surface area (Å²) in [6.45, 7) is 4.34. The zero-order valence-corrected chi connectivity index (χ0v) is 12.7. The summed E-state index contributed by atoms with van der Waals surface area (Å²) in [7, 11) is 0. The highest BCUT2D eigenvalue weighted by atomic mass is 16.4. The lowest BCUT2D eigenvalue weighted by Crippen LogP contribution is -2.53. The van der Waals surface area contributed by atoms with Crippen LogP contribution in [0.4, 0.5) is 0 Å². The van der Waals surface area contributed by atoms with Crippen molar-refractivity contribution >= 4 is 11.9 Å². The maximum atomic E-state index is 12.2. The van der Waals surface area contributed by atoms with Gasteiger partial charge in [-0.1, -0.05) is 37.3 Å². The van der Waals surface area contributed by atoms with E-state index in [4.69, 9.17) is 0 Å². The van der Waals surface area contributed by atoms with Gasteiger partial charge in [-0.15, -0.1) is 0 Å². The van der Waals surface area contributed by atoms with Crippen LogP contribution in [-0.2, 0) is 16.0 Å². The van der Waals surface area contributed by atoms with Gasteiger partial charge in [0, 0.05) is 19.0 Å². The molecule has 1 saturated heterocycles. The second-order valence-electron chi connectivity index (χ2n) is 5.96. The highest BCUT2D eigenvalue weighted by Crippen LogP contribution is 2.30. The number of carbonyl (C=O) groups is 2. The molecule has 1 heterocycles. The van der Waals surface area contributed by atoms with Crippen LogP contribution in [0.1, 0.15) is 32.3 Å². The zero-order chi connectivity index (χ0) is 15.4. The number of benzene rings is 1. The van der Waals surface area contributed by atoms with Crippen molar-refractivity contribution in [3.05, 3.63) is 35.9 Å². The summed E-state index contributed by atoms with van der Waals surface area (Å²) in [5.74, 6) is -1.26. The molecule has 2 rings (SSSR count). The van der Waals surface area contributed by atoms with Crippen molar-refractivity contribution in [1.29, 1.82) is 0 Å². The van der Waals surface area contributed by atoms with Gasteiger partial charge in [0.2, 0.25) is 5.91 Å². The van der Waals surface area contributed by atoms with E-state index in [1.165, 1.54) is 5.56 Å². The first-order valence-electron chi connectivity index (χ1n) is 7.57. The second-order valence-corrected chi connectivity index (χ2v) is 5.96. The van der Waals surface area contributed by atoms with Gasteiger partial charge in [0.1, 0.15) is 0 Å². The third kappa shape index (κ3) is 3.63. The first-order chi connectivity index (χ1) is 10.0. The lowest BCUT2D eigenvalue weighted by Gasteiger charge is -2.40. The van der Waals surface area contributed by atoms with E-state index in [0.29, 0.717) is 13.0 Å². The number of nitrogens with zero attached hydrogens (tertiary/aromatic N) is 1. The second kappa shape index (κ2) is 6.74. The molecular weight excluding hydrogens is 266 g/mol. The average molecular weight is 289 g/mol. The van der Waals surface area contributed by atoms with Crippen LogP contribution < -0.4 is 0 Å². The number of likely N-dealkylation sites (tertiary alicyclic amines) is 1. The minimum Gasteiger partial charge on any atom is -0.481 e. The molecule has 4 nitrogen and oxygen atoms in total. The standard InChI is InChI=1S/C17H23NO3/c1-12-11-15(19)18(13(2)16(12)17(20)21)10-6-9-14-7-4-3-5-8-14/h3-5,7-8,12-13,16H,6,9-11H2,1-2H3,(H,20,21). The smallest absolute Gasteiger partial charge is 0.308 e. The van der Waals surface area contributed by atoms with Crippen LogP contribution in [0.2, 0.25) is 0 Å². The molecule has 21 heavy (non-hydrogen) atoms. The number of piperidine rings is 1. The van der Waals surface area contributed by atoms with Gasteiger partial charge in [0.15, 0.2) is 0 Å². The van der Waals surface area contributed by atoms with Crippen molar-refractivity contribution in [2.45, 2.75) is 39.2 Å². The Morgan fingerprint density at radius 1 is 1.29 bits per heavy atom. The molecule has 4 heteroatoms. The average Bonchev–Trinajstić information content (AvgIpc) is 2.42. The minimum absolute atomic E-state index is 0.0839. The summed E-state index contributed by atoms with van der Waals surface area (Å²) >= 11 is 0. The molecule has 1 fully saturated rings. The molecule has 1 aliphatic rings. The van der Waals surface area contributed by atoms with E-state index in [2.05, 4.69) is 12.1 Å². The van der Waals surface area contributed by atoms with E-state index in [9.17, 15) is 14.7 Å². The Morgan fingerprint density at radius 2 is 1.95 bits per heavy atom. The quantitative estimate of drug-likeness (QED) is 0.906. The number of amides is 1.